The van der Waals surface area contributed by atoms with Gasteiger partial charge in [-0.15, -0.1) is 0 Å². The van der Waals surface area contributed by atoms with E-state index in [1.807, 2.05) is 25.1 Å². The van der Waals surface area contributed by atoms with Crippen molar-refractivity contribution in [2.24, 2.45) is 5.92 Å². The van der Waals surface area contributed by atoms with E-state index in [0.29, 0.717) is 30.9 Å². The Hall–Kier alpha value is -3.88. The molecule has 2 aromatic rings. The maximum absolute atomic E-state index is 13.5. The van der Waals surface area contributed by atoms with Crippen molar-refractivity contribution in [3.63, 3.8) is 0 Å². The monoisotopic (exact) mass is 449 g/mol. The van der Waals surface area contributed by atoms with Gasteiger partial charge in [-0.05, 0) is 60.7 Å². The summed E-state index contributed by atoms with van der Waals surface area (Å²) in [7, 11) is 0. The van der Waals surface area contributed by atoms with Crippen LogP contribution in [0.15, 0.2) is 42.5 Å². The van der Waals surface area contributed by atoms with Gasteiger partial charge in [0.15, 0.2) is 5.92 Å². The Kier molecular flexibility index (Phi) is 5.03. The number of ether oxygens (including phenoxy) is 1. The zero-order valence-corrected chi connectivity index (χ0v) is 18.1. The summed E-state index contributed by atoms with van der Waals surface area (Å²) >= 11 is 0. The first-order valence-electron chi connectivity index (χ1n) is 10.9. The number of benzene rings is 2. The molecule has 2 heterocycles. The number of anilines is 2. The van der Waals surface area contributed by atoms with Gasteiger partial charge in [-0.2, -0.15) is 0 Å². The molecule has 170 valence electrons. The number of aryl methyl sites for hydroxylation is 1. The van der Waals surface area contributed by atoms with Gasteiger partial charge in [-0.25, -0.2) is 9.59 Å². The molecule has 0 saturated carbocycles. The summed E-state index contributed by atoms with van der Waals surface area (Å²) in [6.07, 6.45) is 0.852. The van der Waals surface area contributed by atoms with Gasteiger partial charge >= 0.3 is 18.1 Å². The van der Waals surface area contributed by atoms with Crippen LogP contribution in [0.2, 0.25) is 0 Å². The molecule has 2 unspecified atom stereocenters. The van der Waals surface area contributed by atoms with Gasteiger partial charge in [-0.1, -0.05) is 18.2 Å². The largest absolute Gasteiger partial charge is 0.481 e. The Balaban J connectivity index is 1.48. The number of aliphatic carboxylic acids is 1. The van der Waals surface area contributed by atoms with Crippen LogP contribution in [0.25, 0.3) is 0 Å². The highest BCUT2D eigenvalue weighted by atomic mass is 16.6. The van der Waals surface area contributed by atoms with E-state index in [-0.39, 0.29) is 6.54 Å². The fourth-order valence-corrected chi connectivity index (χ4v) is 4.94. The highest BCUT2D eigenvalue weighted by Crippen LogP contribution is 2.40. The van der Waals surface area contributed by atoms with E-state index in [4.69, 9.17) is 4.74 Å². The minimum absolute atomic E-state index is 0.248. The predicted molar refractivity (Wildman–Crippen MR) is 118 cm³/mol. The van der Waals surface area contributed by atoms with Crippen molar-refractivity contribution in [2.45, 2.75) is 25.8 Å². The van der Waals surface area contributed by atoms with Crippen molar-refractivity contribution < 1.29 is 29.0 Å². The van der Waals surface area contributed by atoms with Crippen molar-refractivity contribution in [1.29, 1.82) is 0 Å². The van der Waals surface area contributed by atoms with Crippen LogP contribution in [0.4, 0.5) is 21.0 Å². The molecular weight excluding hydrogens is 426 g/mol. The lowest BCUT2D eigenvalue weighted by Crippen LogP contribution is -2.59. The fourth-order valence-electron chi connectivity index (χ4n) is 4.94. The van der Waals surface area contributed by atoms with Crippen LogP contribution < -0.4 is 9.80 Å². The van der Waals surface area contributed by atoms with Gasteiger partial charge in [-0.3, -0.25) is 24.3 Å². The number of carboxylic acids is 1. The van der Waals surface area contributed by atoms with Gasteiger partial charge in [0.25, 0.3) is 0 Å². The summed E-state index contributed by atoms with van der Waals surface area (Å²) in [6, 6.07) is 11.4. The standard InChI is InChI=1S/C24H23N3O6/c1-14-3-2-4-18-17(14)9-10-20(18)27-21(28)19(22(29)30)13-26(23(27)31)16-7-5-15(6-8-16)25-11-12-33-24(25)32/h2-8,19-20H,9-13H2,1H3,(H,29,30). The molecule has 0 bridgehead atoms. The summed E-state index contributed by atoms with van der Waals surface area (Å²) in [5.74, 6) is -3.30. The molecule has 1 N–H and O–H groups in total. The molecule has 0 radical (unpaired) electrons. The van der Waals surface area contributed by atoms with Crippen LogP contribution in [0.3, 0.4) is 0 Å². The topological polar surface area (TPSA) is 107 Å². The minimum atomic E-state index is -1.36. The molecule has 2 aliphatic heterocycles. The second kappa shape index (κ2) is 7.91. The van der Waals surface area contributed by atoms with Gasteiger partial charge in [0.05, 0.1) is 12.6 Å². The molecule has 9 heteroatoms. The first-order valence-corrected chi connectivity index (χ1v) is 10.9. The van der Waals surface area contributed by atoms with Gasteiger partial charge in [0, 0.05) is 17.9 Å². The van der Waals surface area contributed by atoms with Crippen molar-refractivity contribution in [3.05, 3.63) is 59.2 Å². The zero-order valence-electron chi connectivity index (χ0n) is 18.1. The van der Waals surface area contributed by atoms with Gasteiger partial charge in [0.1, 0.15) is 6.61 Å². The van der Waals surface area contributed by atoms with Crippen LogP contribution in [-0.4, -0.2) is 53.7 Å². The molecule has 2 aromatic carbocycles. The number of fused-ring (bicyclic) bond motifs is 1. The second-order valence-electron chi connectivity index (χ2n) is 8.47. The summed E-state index contributed by atoms with van der Waals surface area (Å²) in [4.78, 5) is 54.4. The predicted octanol–water partition coefficient (Wildman–Crippen LogP) is 3.11. The van der Waals surface area contributed by atoms with Gasteiger partial charge < -0.3 is 9.84 Å². The average Bonchev–Trinajstić information content (AvgIpc) is 3.41. The van der Waals surface area contributed by atoms with Gasteiger partial charge in [0.2, 0.25) is 5.91 Å². The van der Waals surface area contributed by atoms with E-state index in [1.165, 1.54) is 9.80 Å². The Labute approximate surface area is 190 Å². The zero-order chi connectivity index (χ0) is 23.3. The molecule has 2 atom stereocenters. The maximum atomic E-state index is 13.5. The molecule has 33 heavy (non-hydrogen) atoms. The lowest BCUT2D eigenvalue weighted by atomic mass is 9.99. The number of rotatable bonds is 4. The quantitative estimate of drug-likeness (QED) is 0.719. The lowest BCUT2D eigenvalue weighted by Gasteiger charge is -2.40. The second-order valence-corrected chi connectivity index (χ2v) is 8.47. The number of carboxylic acid groups (broad SMARTS) is 1. The van der Waals surface area contributed by atoms with Crippen molar-refractivity contribution in [1.82, 2.24) is 4.90 Å². The molecule has 2 saturated heterocycles. The number of cyclic esters (lactones) is 1. The summed E-state index contributed by atoms with van der Waals surface area (Å²) < 4.78 is 4.96. The third-order valence-electron chi connectivity index (χ3n) is 6.65. The van der Waals surface area contributed by atoms with Crippen LogP contribution in [0.1, 0.15) is 29.2 Å². The van der Waals surface area contributed by atoms with E-state index < -0.39 is 36.0 Å². The highest BCUT2D eigenvalue weighted by molar-refractivity contribution is 6.12. The first kappa shape index (κ1) is 21.0. The molecule has 2 fully saturated rings. The Morgan fingerprint density at radius 3 is 2.36 bits per heavy atom. The molecule has 9 nitrogen and oxygen atoms in total. The molecule has 5 rings (SSSR count). The molecule has 4 amide bonds. The number of carbonyl (C=O) groups is 4. The minimum Gasteiger partial charge on any atom is -0.481 e. The molecule has 3 aliphatic rings. The number of hydrogen-bond acceptors (Lipinski definition) is 5. The molecule has 1 aliphatic carbocycles. The van der Waals surface area contributed by atoms with E-state index in [1.54, 1.807) is 24.3 Å². The van der Waals surface area contributed by atoms with Crippen LogP contribution in [0, 0.1) is 12.8 Å². The summed E-state index contributed by atoms with van der Waals surface area (Å²) in [5, 5.41) is 9.73. The SMILES string of the molecule is Cc1cccc2c1CCC2N1C(=O)C(C(=O)O)CN(c2ccc(N3CCOC3=O)cc2)C1=O. The first-order chi connectivity index (χ1) is 15.9. The smallest absolute Gasteiger partial charge is 0.414 e. The molecular formula is C24H23N3O6. The summed E-state index contributed by atoms with van der Waals surface area (Å²) in [5.41, 5.74) is 4.17. The van der Waals surface area contributed by atoms with E-state index in [0.717, 1.165) is 28.0 Å². The fraction of sp³-hybridized carbons (Fsp3) is 0.333. The Bertz CT molecular complexity index is 1160. The van der Waals surface area contributed by atoms with E-state index >= 15 is 0 Å². The number of imide groups is 1. The number of amides is 4. The van der Waals surface area contributed by atoms with Crippen LogP contribution >= 0.6 is 0 Å². The third-order valence-corrected chi connectivity index (χ3v) is 6.65. The Morgan fingerprint density at radius 2 is 1.73 bits per heavy atom. The normalized spacial score (nSPS) is 22.6. The number of nitrogens with zero attached hydrogens (tertiary/aromatic N) is 3. The number of carbonyl (C=O) groups excluding carboxylic acids is 3. The highest BCUT2D eigenvalue weighted by Gasteiger charge is 2.48. The van der Waals surface area contributed by atoms with Crippen LogP contribution in [-0.2, 0) is 20.7 Å². The van der Waals surface area contributed by atoms with Crippen molar-refractivity contribution >= 4 is 35.4 Å². The average molecular weight is 449 g/mol. The van der Waals surface area contributed by atoms with Crippen molar-refractivity contribution in [2.75, 3.05) is 29.5 Å². The maximum Gasteiger partial charge on any atom is 0.414 e. The van der Waals surface area contributed by atoms with Crippen LogP contribution in [0.5, 0.6) is 0 Å². The Morgan fingerprint density at radius 1 is 1.03 bits per heavy atom. The number of urea groups is 1. The number of hydrogen-bond donors (Lipinski definition) is 1. The lowest BCUT2D eigenvalue weighted by molar-refractivity contribution is -0.151. The molecule has 0 aromatic heterocycles. The molecule has 0 spiro atoms. The van der Waals surface area contributed by atoms with Crippen molar-refractivity contribution in [3.8, 4) is 0 Å². The summed E-state index contributed by atoms with van der Waals surface area (Å²) in [6.45, 7) is 2.49. The third kappa shape index (κ3) is 3.40. The van der Waals surface area contributed by atoms with E-state index in [2.05, 4.69) is 0 Å². The van der Waals surface area contributed by atoms with E-state index in [9.17, 15) is 24.3 Å².